The fourth-order valence-electron chi connectivity index (χ4n) is 1.92. The molecule has 1 N–H and O–H groups in total. The Labute approximate surface area is 121 Å². The molecule has 2 aromatic rings. The van der Waals surface area contributed by atoms with Crippen LogP contribution in [0.1, 0.15) is 22.8 Å². The minimum Gasteiger partial charge on any atom is -0.388 e. The monoisotopic (exact) mass is 324 g/mol. The van der Waals surface area contributed by atoms with Crippen molar-refractivity contribution in [2.75, 3.05) is 0 Å². The zero-order valence-corrected chi connectivity index (χ0v) is 12.4. The molecule has 0 aliphatic heterocycles. The summed E-state index contributed by atoms with van der Waals surface area (Å²) in [5.74, 6) is 0. The summed E-state index contributed by atoms with van der Waals surface area (Å²) in [5, 5.41) is 10.9. The first-order valence-corrected chi connectivity index (χ1v) is 6.92. The molecule has 18 heavy (non-hydrogen) atoms. The van der Waals surface area contributed by atoms with Crippen molar-refractivity contribution in [3.8, 4) is 0 Å². The summed E-state index contributed by atoms with van der Waals surface area (Å²) in [6, 6.07) is 13.7. The number of benzene rings is 2. The number of halogens is 2. The molecule has 0 saturated heterocycles. The molecule has 0 saturated carbocycles. The first-order chi connectivity index (χ1) is 8.58. The van der Waals surface area contributed by atoms with E-state index in [1.165, 1.54) is 0 Å². The zero-order chi connectivity index (χ0) is 13.1. The van der Waals surface area contributed by atoms with Gasteiger partial charge in [0.25, 0.3) is 0 Å². The summed E-state index contributed by atoms with van der Waals surface area (Å²) in [7, 11) is 0. The second-order valence-electron chi connectivity index (χ2n) is 4.33. The lowest BCUT2D eigenvalue weighted by Crippen LogP contribution is -2.03. The van der Waals surface area contributed by atoms with Gasteiger partial charge < -0.3 is 5.11 Å². The molecule has 0 heterocycles. The molecule has 0 amide bonds. The van der Waals surface area contributed by atoms with Gasteiger partial charge in [0.2, 0.25) is 0 Å². The molecule has 2 aromatic carbocycles. The van der Waals surface area contributed by atoms with Crippen LogP contribution in [-0.4, -0.2) is 5.11 Å². The highest BCUT2D eigenvalue weighted by atomic mass is 79.9. The lowest BCUT2D eigenvalue weighted by atomic mass is 10.00. The maximum atomic E-state index is 10.3. The van der Waals surface area contributed by atoms with Crippen LogP contribution in [0.2, 0.25) is 5.02 Å². The zero-order valence-electron chi connectivity index (χ0n) is 10.0. The Bertz CT molecular complexity index is 554. The molecule has 2 rings (SSSR count). The fourth-order valence-corrected chi connectivity index (χ4v) is 2.62. The molecule has 0 fully saturated rings. The van der Waals surface area contributed by atoms with Crippen molar-refractivity contribution in [2.45, 2.75) is 19.4 Å². The number of hydrogen-bond donors (Lipinski definition) is 1. The topological polar surface area (TPSA) is 20.2 Å². The molecule has 3 heteroatoms. The predicted octanol–water partition coefficient (Wildman–Crippen LogP) is 4.69. The van der Waals surface area contributed by atoms with Gasteiger partial charge in [0.1, 0.15) is 0 Å². The summed E-state index contributed by atoms with van der Waals surface area (Å²) in [6.07, 6.45) is -0.0190. The average Bonchev–Trinajstić information content (AvgIpc) is 2.32. The fraction of sp³-hybridized carbons (Fsp3) is 0.200. The number of rotatable bonds is 3. The van der Waals surface area contributed by atoms with E-state index < -0.39 is 6.10 Å². The third kappa shape index (κ3) is 3.14. The van der Waals surface area contributed by atoms with Gasteiger partial charge in [-0.2, -0.15) is 0 Å². The molecule has 0 bridgehead atoms. The van der Waals surface area contributed by atoms with E-state index in [-0.39, 0.29) is 0 Å². The molecule has 0 aliphatic rings. The van der Waals surface area contributed by atoms with E-state index in [4.69, 9.17) is 11.6 Å². The van der Waals surface area contributed by atoms with Crippen LogP contribution in [-0.2, 0) is 6.42 Å². The van der Waals surface area contributed by atoms with Crippen molar-refractivity contribution >= 4 is 27.5 Å². The molecular formula is C15H14BrClO. The Morgan fingerprint density at radius 3 is 2.67 bits per heavy atom. The van der Waals surface area contributed by atoms with Gasteiger partial charge in [-0.25, -0.2) is 0 Å². The third-order valence-corrected chi connectivity index (χ3v) is 3.91. The Morgan fingerprint density at radius 2 is 1.94 bits per heavy atom. The highest BCUT2D eigenvalue weighted by molar-refractivity contribution is 9.10. The lowest BCUT2D eigenvalue weighted by Gasteiger charge is -2.14. The number of aliphatic hydroxyl groups excluding tert-OH is 1. The molecule has 1 atom stereocenters. The molecule has 1 unspecified atom stereocenters. The van der Waals surface area contributed by atoms with E-state index >= 15 is 0 Å². The smallest absolute Gasteiger partial charge is 0.0844 e. The third-order valence-electron chi connectivity index (χ3n) is 2.90. The van der Waals surface area contributed by atoms with Crippen LogP contribution < -0.4 is 0 Å². The van der Waals surface area contributed by atoms with Crippen LogP contribution in [0.25, 0.3) is 0 Å². The number of aryl methyl sites for hydroxylation is 1. The largest absolute Gasteiger partial charge is 0.388 e. The van der Waals surface area contributed by atoms with Gasteiger partial charge in [-0.05, 0) is 35.7 Å². The summed E-state index contributed by atoms with van der Waals surface area (Å²) in [5.41, 5.74) is 2.86. The summed E-state index contributed by atoms with van der Waals surface area (Å²) in [6.45, 7) is 1.94. The second kappa shape index (κ2) is 5.87. The van der Waals surface area contributed by atoms with Gasteiger partial charge >= 0.3 is 0 Å². The molecule has 0 aromatic heterocycles. The Morgan fingerprint density at radius 1 is 1.22 bits per heavy atom. The first-order valence-electron chi connectivity index (χ1n) is 5.75. The molecule has 0 aliphatic carbocycles. The van der Waals surface area contributed by atoms with Crippen molar-refractivity contribution in [3.63, 3.8) is 0 Å². The van der Waals surface area contributed by atoms with E-state index in [1.807, 2.05) is 49.4 Å². The van der Waals surface area contributed by atoms with Crippen LogP contribution in [0.5, 0.6) is 0 Å². The molecule has 0 spiro atoms. The second-order valence-corrected chi connectivity index (χ2v) is 5.62. The van der Waals surface area contributed by atoms with E-state index in [9.17, 15) is 5.11 Å². The Kier molecular flexibility index (Phi) is 4.44. The quantitative estimate of drug-likeness (QED) is 0.868. The maximum Gasteiger partial charge on any atom is 0.0844 e. The Balaban J connectivity index is 2.22. The van der Waals surface area contributed by atoms with Crippen LogP contribution in [0, 0.1) is 6.92 Å². The number of aliphatic hydroxyl groups is 1. The van der Waals surface area contributed by atoms with Crippen molar-refractivity contribution < 1.29 is 5.11 Å². The minimum atomic E-state index is -0.577. The van der Waals surface area contributed by atoms with Gasteiger partial charge in [0.05, 0.1) is 6.10 Å². The van der Waals surface area contributed by atoms with Gasteiger partial charge in [0, 0.05) is 15.9 Å². The van der Waals surface area contributed by atoms with Crippen molar-refractivity contribution in [2.24, 2.45) is 0 Å². The minimum absolute atomic E-state index is 0.558. The van der Waals surface area contributed by atoms with Crippen LogP contribution >= 0.6 is 27.5 Å². The Hall–Kier alpha value is -0.830. The van der Waals surface area contributed by atoms with E-state index in [0.29, 0.717) is 11.4 Å². The molecule has 1 nitrogen and oxygen atoms in total. The normalized spacial score (nSPS) is 12.4. The van der Waals surface area contributed by atoms with Gasteiger partial charge in [-0.3, -0.25) is 0 Å². The average molecular weight is 326 g/mol. The highest BCUT2D eigenvalue weighted by Gasteiger charge is 2.13. The molecular weight excluding hydrogens is 312 g/mol. The lowest BCUT2D eigenvalue weighted by molar-refractivity contribution is 0.178. The highest BCUT2D eigenvalue weighted by Crippen LogP contribution is 2.28. The van der Waals surface area contributed by atoms with E-state index in [2.05, 4.69) is 15.9 Å². The van der Waals surface area contributed by atoms with Crippen molar-refractivity contribution in [1.29, 1.82) is 0 Å². The van der Waals surface area contributed by atoms with Crippen molar-refractivity contribution in [3.05, 3.63) is 68.7 Å². The van der Waals surface area contributed by atoms with E-state index in [0.717, 1.165) is 21.2 Å². The summed E-state index contributed by atoms with van der Waals surface area (Å²) >= 11 is 9.64. The van der Waals surface area contributed by atoms with Crippen LogP contribution in [0.3, 0.4) is 0 Å². The maximum absolute atomic E-state index is 10.3. The van der Waals surface area contributed by atoms with Crippen LogP contribution in [0.4, 0.5) is 0 Å². The molecule has 94 valence electrons. The van der Waals surface area contributed by atoms with Crippen LogP contribution in [0.15, 0.2) is 46.9 Å². The first kappa shape index (κ1) is 13.6. The molecule has 0 radical (unpaired) electrons. The summed E-state index contributed by atoms with van der Waals surface area (Å²) in [4.78, 5) is 0. The predicted molar refractivity (Wildman–Crippen MR) is 79.0 cm³/mol. The van der Waals surface area contributed by atoms with Gasteiger partial charge in [0.15, 0.2) is 0 Å². The SMILES string of the molecule is Cc1cccc(C(O)Cc2cccc(Br)c2)c1Cl. The van der Waals surface area contributed by atoms with Gasteiger partial charge in [-0.15, -0.1) is 0 Å². The van der Waals surface area contributed by atoms with E-state index in [1.54, 1.807) is 0 Å². The summed E-state index contributed by atoms with van der Waals surface area (Å²) < 4.78 is 1.02. The van der Waals surface area contributed by atoms with Crippen molar-refractivity contribution in [1.82, 2.24) is 0 Å². The standard InChI is InChI=1S/C15H14BrClO/c1-10-4-2-7-13(15(10)17)14(18)9-11-5-3-6-12(16)8-11/h2-8,14,18H,9H2,1H3. The van der Waals surface area contributed by atoms with Gasteiger partial charge in [-0.1, -0.05) is 57.9 Å². The number of hydrogen-bond acceptors (Lipinski definition) is 1.